The number of pyridine rings is 1. The van der Waals surface area contributed by atoms with Crippen LogP contribution in [-0.2, 0) is 19.6 Å². The van der Waals surface area contributed by atoms with Crippen LogP contribution in [-0.4, -0.2) is 23.5 Å². The van der Waals surface area contributed by atoms with Gasteiger partial charge in [-0.2, -0.15) is 0 Å². The van der Waals surface area contributed by atoms with Crippen LogP contribution in [0.1, 0.15) is 31.0 Å². The largest absolute Gasteiger partial charge is 0.468 e. The van der Waals surface area contributed by atoms with E-state index in [0.29, 0.717) is 5.92 Å². The molecule has 0 unspecified atom stereocenters. The molecule has 0 aromatic carbocycles. The molecule has 21 heavy (non-hydrogen) atoms. The third-order valence-corrected chi connectivity index (χ3v) is 3.16. The molecule has 1 N–H and O–H groups in total. The van der Waals surface area contributed by atoms with Crippen molar-refractivity contribution in [3.8, 4) is 0 Å². The van der Waals surface area contributed by atoms with E-state index < -0.39 is 0 Å². The number of rotatable bonds is 8. The van der Waals surface area contributed by atoms with Crippen LogP contribution in [0.15, 0.2) is 41.0 Å². The first kappa shape index (κ1) is 15.7. The van der Waals surface area contributed by atoms with E-state index in [2.05, 4.69) is 49.3 Å². The number of nitrogens with one attached hydrogen (secondary N) is 1. The third-order valence-electron chi connectivity index (χ3n) is 3.16. The van der Waals surface area contributed by atoms with Gasteiger partial charge in [-0.25, -0.2) is 0 Å². The Hall–Kier alpha value is -1.65. The molecule has 4 heteroatoms. The number of hydrogen-bond acceptors (Lipinski definition) is 4. The molecule has 114 valence electrons. The smallest absolute Gasteiger partial charge is 0.117 e. The first-order chi connectivity index (χ1) is 10.1. The van der Waals surface area contributed by atoms with Crippen molar-refractivity contribution in [1.82, 2.24) is 15.2 Å². The van der Waals surface area contributed by atoms with Gasteiger partial charge < -0.3 is 9.73 Å². The standard InChI is InChI=1S/C17H25N3O/c1-14(2)10-18-11-15-6-4-7-16(19-15)12-20(3)13-17-8-5-9-21-17/h4-9,14,18H,10-13H2,1-3H3. The van der Waals surface area contributed by atoms with Gasteiger partial charge in [-0.15, -0.1) is 0 Å². The van der Waals surface area contributed by atoms with Gasteiger partial charge in [-0.05, 0) is 43.8 Å². The molecule has 4 nitrogen and oxygen atoms in total. The van der Waals surface area contributed by atoms with Gasteiger partial charge in [-0.1, -0.05) is 19.9 Å². The van der Waals surface area contributed by atoms with Crippen LogP contribution in [0.4, 0.5) is 0 Å². The molecular formula is C17H25N3O. The Kier molecular flexibility index (Phi) is 5.96. The van der Waals surface area contributed by atoms with E-state index in [1.807, 2.05) is 12.1 Å². The van der Waals surface area contributed by atoms with Gasteiger partial charge in [0.1, 0.15) is 5.76 Å². The highest BCUT2D eigenvalue weighted by atomic mass is 16.3. The molecule has 0 aliphatic heterocycles. The van der Waals surface area contributed by atoms with Gasteiger partial charge >= 0.3 is 0 Å². The Labute approximate surface area is 127 Å². The normalized spacial score (nSPS) is 11.5. The Morgan fingerprint density at radius 1 is 1.14 bits per heavy atom. The Bertz CT molecular complexity index is 523. The average Bonchev–Trinajstić information content (AvgIpc) is 2.91. The van der Waals surface area contributed by atoms with Gasteiger partial charge in [0.2, 0.25) is 0 Å². The molecule has 2 aromatic heterocycles. The lowest BCUT2D eigenvalue weighted by Gasteiger charge is -2.15. The second kappa shape index (κ2) is 7.96. The summed E-state index contributed by atoms with van der Waals surface area (Å²) in [6.07, 6.45) is 1.71. The monoisotopic (exact) mass is 287 g/mol. The van der Waals surface area contributed by atoms with E-state index >= 15 is 0 Å². The van der Waals surface area contributed by atoms with E-state index in [0.717, 1.165) is 43.3 Å². The van der Waals surface area contributed by atoms with Crippen LogP contribution >= 0.6 is 0 Å². The van der Waals surface area contributed by atoms with E-state index in [-0.39, 0.29) is 0 Å². The molecule has 2 rings (SSSR count). The fourth-order valence-corrected chi connectivity index (χ4v) is 2.21. The second-order valence-electron chi connectivity index (χ2n) is 5.90. The lowest BCUT2D eigenvalue weighted by atomic mass is 10.2. The summed E-state index contributed by atoms with van der Waals surface area (Å²) in [6, 6.07) is 10.1. The van der Waals surface area contributed by atoms with Gasteiger partial charge in [0, 0.05) is 13.1 Å². The molecule has 0 saturated carbocycles. The van der Waals surface area contributed by atoms with E-state index in [4.69, 9.17) is 9.40 Å². The highest BCUT2D eigenvalue weighted by Crippen LogP contribution is 2.08. The molecule has 0 aliphatic carbocycles. The summed E-state index contributed by atoms with van der Waals surface area (Å²) in [5.41, 5.74) is 2.19. The molecule has 2 heterocycles. The van der Waals surface area contributed by atoms with Crippen LogP contribution in [0.5, 0.6) is 0 Å². The lowest BCUT2D eigenvalue weighted by molar-refractivity contribution is 0.284. The zero-order chi connectivity index (χ0) is 15.1. The van der Waals surface area contributed by atoms with Crippen LogP contribution in [0.3, 0.4) is 0 Å². The number of aromatic nitrogens is 1. The van der Waals surface area contributed by atoms with Crippen LogP contribution in [0, 0.1) is 5.92 Å². The maximum atomic E-state index is 5.37. The third kappa shape index (κ3) is 5.69. The molecule has 0 spiro atoms. The van der Waals surface area contributed by atoms with Crippen LogP contribution in [0.2, 0.25) is 0 Å². The molecule has 0 aliphatic rings. The van der Waals surface area contributed by atoms with Gasteiger partial charge in [-0.3, -0.25) is 9.88 Å². The molecule has 0 fully saturated rings. The maximum Gasteiger partial charge on any atom is 0.117 e. The predicted molar refractivity (Wildman–Crippen MR) is 84.7 cm³/mol. The molecule has 0 bridgehead atoms. The fourth-order valence-electron chi connectivity index (χ4n) is 2.21. The number of furan rings is 1. The maximum absolute atomic E-state index is 5.37. The minimum atomic E-state index is 0.660. The molecular weight excluding hydrogens is 262 g/mol. The quantitative estimate of drug-likeness (QED) is 0.810. The lowest BCUT2D eigenvalue weighted by Crippen LogP contribution is -2.21. The van der Waals surface area contributed by atoms with Crippen molar-refractivity contribution in [2.24, 2.45) is 5.92 Å². The van der Waals surface area contributed by atoms with Crippen molar-refractivity contribution < 1.29 is 4.42 Å². The summed E-state index contributed by atoms with van der Waals surface area (Å²) in [5.74, 6) is 1.64. The summed E-state index contributed by atoms with van der Waals surface area (Å²) in [7, 11) is 2.08. The first-order valence-corrected chi connectivity index (χ1v) is 7.50. The zero-order valence-corrected chi connectivity index (χ0v) is 13.2. The van der Waals surface area contributed by atoms with Gasteiger partial charge in [0.15, 0.2) is 0 Å². The van der Waals surface area contributed by atoms with E-state index in [9.17, 15) is 0 Å². The molecule has 0 amide bonds. The second-order valence-corrected chi connectivity index (χ2v) is 5.90. The number of nitrogens with zero attached hydrogens (tertiary/aromatic N) is 2. The summed E-state index contributed by atoms with van der Waals surface area (Å²) in [4.78, 5) is 6.90. The zero-order valence-electron chi connectivity index (χ0n) is 13.2. The Morgan fingerprint density at radius 3 is 2.67 bits per heavy atom. The predicted octanol–water partition coefficient (Wildman–Crippen LogP) is 3.05. The van der Waals surface area contributed by atoms with Crippen molar-refractivity contribution in [2.75, 3.05) is 13.6 Å². The average molecular weight is 287 g/mol. The van der Waals surface area contributed by atoms with Gasteiger partial charge in [0.05, 0.1) is 24.2 Å². The molecule has 0 atom stereocenters. The highest BCUT2D eigenvalue weighted by Gasteiger charge is 2.05. The van der Waals surface area contributed by atoms with Crippen molar-refractivity contribution in [2.45, 2.75) is 33.5 Å². The summed E-state index contributed by atoms with van der Waals surface area (Å²) < 4.78 is 5.37. The van der Waals surface area contributed by atoms with Crippen molar-refractivity contribution >= 4 is 0 Å². The Morgan fingerprint density at radius 2 is 1.95 bits per heavy atom. The highest BCUT2D eigenvalue weighted by molar-refractivity contribution is 5.11. The van der Waals surface area contributed by atoms with Gasteiger partial charge in [0.25, 0.3) is 0 Å². The minimum Gasteiger partial charge on any atom is -0.468 e. The summed E-state index contributed by atoms with van der Waals surface area (Å²) in [5, 5.41) is 3.43. The fraction of sp³-hybridized carbons (Fsp3) is 0.471. The molecule has 2 aromatic rings. The van der Waals surface area contributed by atoms with Crippen molar-refractivity contribution in [3.63, 3.8) is 0 Å². The summed E-state index contributed by atoms with van der Waals surface area (Å²) in [6.45, 7) is 7.88. The van der Waals surface area contributed by atoms with Crippen molar-refractivity contribution in [1.29, 1.82) is 0 Å². The SMILES string of the molecule is CC(C)CNCc1cccc(CN(C)Cc2ccco2)n1. The first-order valence-electron chi connectivity index (χ1n) is 7.50. The van der Waals surface area contributed by atoms with E-state index in [1.54, 1.807) is 6.26 Å². The minimum absolute atomic E-state index is 0.660. The summed E-state index contributed by atoms with van der Waals surface area (Å²) >= 11 is 0. The Balaban J connectivity index is 1.85. The van der Waals surface area contributed by atoms with Crippen LogP contribution in [0.25, 0.3) is 0 Å². The topological polar surface area (TPSA) is 41.3 Å². The van der Waals surface area contributed by atoms with Crippen LogP contribution < -0.4 is 5.32 Å². The molecule has 0 radical (unpaired) electrons. The molecule has 0 saturated heterocycles. The van der Waals surface area contributed by atoms with Crippen molar-refractivity contribution in [3.05, 3.63) is 53.7 Å². The van der Waals surface area contributed by atoms with E-state index in [1.165, 1.54) is 0 Å². The number of hydrogen-bond donors (Lipinski definition) is 1.